The van der Waals surface area contributed by atoms with E-state index in [2.05, 4.69) is 31.9 Å². The lowest BCUT2D eigenvalue weighted by molar-refractivity contribution is 0.621. The van der Waals surface area contributed by atoms with Crippen molar-refractivity contribution in [3.05, 3.63) is 67.9 Å². The van der Waals surface area contributed by atoms with Gasteiger partial charge >= 0.3 is 0 Å². The van der Waals surface area contributed by atoms with Crippen molar-refractivity contribution in [3.63, 3.8) is 0 Å². The molecule has 1 atom stereocenters. The fourth-order valence-corrected chi connectivity index (χ4v) is 3.12. The molecule has 1 nitrogen and oxygen atoms in total. The van der Waals surface area contributed by atoms with Crippen molar-refractivity contribution in [2.45, 2.75) is 19.4 Å². The van der Waals surface area contributed by atoms with E-state index in [1.165, 1.54) is 12.1 Å². The van der Waals surface area contributed by atoms with Gasteiger partial charge in [0.05, 0.1) is 0 Å². The first kappa shape index (κ1) is 14.7. The highest BCUT2D eigenvalue weighted by Crippen LogP contribution is 2.28. The molecule has 100 valence electrons. The first-order valence-electron chi connectivity index (χ1n) is 5.93. The largest absolute Gasteiger partial charge is 0.324 e. The van der Waals surface area contributed by atoms with Gasteiger partial charge < -0.3 is 5.73 Å². The predicted octanol–water partition coefficient (Wildman–Crippen LogP) is 4.90. The highest BCUT2D eigenvalue weighted by atomic mass is 79.9. The lowest BCUT2D eigenvalue weighted by Crippen LogP contribution is -2.14. The van der Waals surface area contributed by atoms with Crippen molar-refractivity contribution in [2.24, 2.45) is 5.73 Å². The smallest absolute Gasteiger partial charge is 0.124 e. The van der Waals surface area contributed by atoms with Crippen LogP contribution in [0.5, 0.6) is 0 Å². The van der Waals surface area contributed by atoms with E-state index in [1.807, 2.05) is 31.2 Å². The van der Waals surface area contributed by atoms with Crippen LogP contribution in [0.4, 0.5) is 4.39 Å². The van der Waals surface area contributed by atoms with Crippen molar-refractivity contribution in [1.82, 2.24) is 0 Å². The highest BCUT2D eigenvalue weighted by Gasteiger charge is 2.12. The van der Waals surface area contributed by atoms with Crippen molar-refractivity contribution in [2.75, 3.05) is 0 Å². The molecule has 2 aromatic carbocycles. The van der Waals surface area contributed by atoms with Crippen molar-refractivity contribution in [1.29, 1.82) is 0 Å². The Morgan fingerprint density at radius 2 is 1.95 bits per heavy atom. The maximum Gasteiger partial charge on any atom is 0.124 e. The Hall–Kier alpha value is -0.710. The first-order valence-corrected chi connectivity index (χ1v) is 7.51. The van der Waals surface area contributed by atoms with Gasteiger partial charge in [-0.05, 0) is 48.2 Å². The molecule has 0 amide bonds. The second-order valence-corrected chi connectivity index (χ2v) is 6.28. The molecule has 0 fully saturated rings. The number of nitrogens with two attached hydrogens (primary N) is 1. The minimum absolute atomic E-state index is 0.164. The van der Waals surface area contributed by atoms with Gasteiger partial charge in [0.15, 0.2) is 0 Å². The molecule has 0 heterocycles. The molecule has 2 N–H and O–H groups in total. The average Bonchev–Trinajstić information content (AvgIpc) is 2.31. The highest BCUT2D eigenvalue weighted by molar-refractivity contribution is 9.10. The Bertz CT molecular complexity index is 578. The quantitative estimate of drug-likeness (QED) is 0.797. The van der Waals surface area contributed by atoms with E-state index in [0.29, 0.717) is 6.42 Å². The summed E-state index contributed by atoms with van der Waals surface area (Å²) in [6, 6.07) is 10.7. The van der Waals surface area contributed by atoms with Crippen LogP contribution in [0, 0.1) is 12.7 Å². The van der Waals surface area contributed by atoms with Gasteiger partial charge in [0, 0.05) is 15.0 Å². The van der Waals surface area contributed by atoms with Gasteiger partial charge in [-0.25, -0.2) is 4.39 Å². The molecule has 0 bridgehead atoms. The summed E-state index contributed by atoms with van der Waals surface area (Å²) >= 11 is 6.85. The lowest BCUT2D eigenvalue weighted by atomic mass is 9.98. The summed E-state index contributed by atoms with van der Waals surface area (Å²) in [5.41, 5.74) is 9.30. The fourth-order valence-electron chi connectivity index (χ4n) is 2.05. The maximum atomic E-state index is 13.3. The zero-order valence-corrected chi connectivity index (χ0v) is 13.6. The monoisotopic (exact) mass is 385 g/mol. The fraction of sp³-hybridized carbons (Fsp3) is 0.200. The van der Waals surface area contributed by atoms with Crippen LogP contribution in [-0.2, 0) is 6.42 Å². The van der Waals surface area contributed by atoms with E-state index in [9.17, 15) is 4.39 Å². The van der Waals surface area contributed by atoms with Crippen LogP contribution in [-0.4, -0.2) is 0 Å². The Morgan fingerprint density at radius 3 is 2.63 bits per heavy atom. The van der Waals surface area contributed by atoms with Gasteiger partial charge in [0.1, 0.15) is 5.82 Å². The molecule has 2 aromatic rings. The molecule has 0 radical (unpaired) electrons. The first-order chi connectivity index (χ1) is 8.97. The van der Waals surface area contributed by atoms with Crippen LogP contribution in [0.25, 0.3) is 0 Å². The summed E-state index contributed by atoms with van der Waals surface area (Å²) in [6.07, 6.45) is 0.596. The second-order valence-electron chi connectivity index (χ2n) is 4.57. The standard InChI is InChI=1S/C15H14Br2FN/c1-9-3-2-4-13(15(9)17)14(19)7-10-5-11(16)8-12(18)6-10/h2-6,8,14H,7,19H2,1H3. The topological polar surface area (TPSA) is 26.0 Å². The van der Waals surface area contributed by atoms with E-state index >= 15 is 0 Å². The van der Waals surface area contributed by atoms with Crippen molar-refractivity contribution < 1.29 is 4.39 Å². The molecule has 2 rings (SSSR count). The molecular formula is C15H14Br2FN. The molecule has 0 aromatic heterocycles. The third-order valence-electron chi connectivity index (χ3n) is 3.00. The molecule has 0 aliphatic rings. The van der Waals surface area contributed by atoms with Gasteiger partial charge in [-0.1, -0.05) is 50.1 Å². The zero-order valence-electron chi connectivity index (χ0n) is 10.5. The van der Waals surface area contributed by atoms with Gasteiger partial charge in [-0.2, -0.15) is 0 Å². The molecule has 4 heteroatoms. The summed E-state index contributed by atoms with van der Waals surface area (Å²) in [5, 5.41) is 0. The van der Waals surface area contributed by atoms with Gasteiger partial charge in [-0.15, -0.1) is 0 Å². The van der Waals surface area contributed by atoms with Crippen molar-refractivity contribution >= 4 is 31.9 Å². The number of rotatable bonds is 3. The van der Waals surface area contributed by atoms with Crippen LogP contribution >= 0.6 is 31.9 Å². The van der Waals surface area contributed by atoms with E-state index < -0.39 is 0 Å². The molecule has 0 spiro atoms. The minimum Gasteiger partial charge on any atom is -0.324 e. The van der Waals surface area contributed by atoms with Crippen LogP contribution < -0.4 is 5.73 Å². The molecule has 0 saturated heterocycles. The Balaban J connectivity index is 2.25. The van der Waals surface area contributed by atoms with Crippen LogP contribution in [0.3, 0.4) is 0 Å². The number of hydrogen-bond acceptors (Lipinski definition) is 1. The van der Waals surface area contributed by atoms with Gasteiger partial charge in [-0.3, -0.25) is 0 Å². The molecule has 19 heavy (non-hydrogen) atoms. The summed E-state index contributed by atoms with van der Waals surface area (Å²) in [7, 11) is 0. The summed E-state index contributed by atoms with van der Waals surface area (Å²) < 4.78 is 15.1. The second kappa shape index (κ2) is 6.16. The zero-order chi connectivity index (χ0) is 14.0. The molecular weight excluding hydrogens is 373 g/mol. The number of benzene rings is 2. The maximum absolute atomic E-state index is 13.3. The number of halogens is 3. The van der Waals surface area contributed by atoms with E-state index in [1.54, 1.807) is 0 Å². The Morgan fingerprint density at radius 1 is 1.21 bits per heavy atom. The SMILES string of the molecule is Cc1cccc(C(N)Cc2cc(F)cc(Br)c2)c1Br. The van der Waals surface area contributed by atoms with E-state index in [0.717, 1.165) is 25.6 Å². The van der Waals surface area contributed by atoms with Gasteiger partial charge in [0.2, 0.25) is 0 Å². The van der Waals surface area contributed by atoms with Crippen LogP contribution in [0.15, 0.2) is 45.3 Å². The minimum atomic E-state index is -0.250. The lowest BCUT2D eigenvalue weighted by Gasteiger charge is -2.15. The molecule has 1 unspecified atom stereocenters. The summed E-state index contributed by atoms with van der Waals surface area (Å²) in [4.78, 5) is 0. The van der Waals surface area contributed by atoms with Crippen LogP contribution in [0.2, 0.25) is 0 Å². The van der Waals surface area contributed by atoms with Gasteiger partial charge in [0.25, 0.3) is 0 Å². The van der Waals surface area contributed by atoms with E-state index in [4.69, 9.17) is 5.73 Å². The summed E-state index contributed by atoms with van der Waals surface area (Å²) in [5.74, 6) is -0.250. The molecule has 0 aliphatic carbocycles. The van der Waals surface area contributed by atoms with E-state index in [-0.39, 0.29) is 11.9 Å². The average molecular weight is 387 g/mol. The Kier molecular flexibility index (Phi) is 4.76. The van der Waals surface area contributed by atoms with Crippen LogP contribution in [0.1, 0.15) is 22.7 Å². The number of hydrogen-bond donors (Lipinski definition) is 1. The molecule has 0 saturated carbocycles. The van der Waals surface area contributed by atoms with Crippen molar-refractivity contribution in [3.8, 4) is 0 Å². The summed E-state index contributed by atoms with van der Waals surface area (Å²) in [6.45, 7) is 2.03. The predicted molar refractivity (Wildman–Crippen MR) is 83.6 cm³/mol. The third-order valence-corrected chi connectivity index (χ3v) is 4.54. The molecule has 0 aliphatic heterocycles. The normalized spacial score (nSPS) is 12.5. The number of aryl methyl sites for hydroxylation is 1. The third kappa shape index (κ3) is 3.65. The Labute approximate surface area is 129 Å².